The van der Waals surface area contributed by atoms with Gasteiger partial charge in [-0.25, -0.2) is 4.79 Å². The van der Waals surface area contributed by atoms with Crippen molar-refractivity contribution in [2.24, 2.45) is 0 Å². The molecule has 0 spiro atoms. The summed E-state index contributed by atoms with van der Waals surface area (Å²) >= 11 is 0. The van der Waals surface area contributed by atoms with Crippen molar-refractivity contribution in [2.75, 3.05) is 0 Å². The van der Waals surface area contributed by atoms with Gasteiger partial charge in [-0.05, 0) is 67.3 Å². The number of nitrogens with one attached hydrogen (secondary N) is 1. The molecule has 1 aliphatic carbocycles. The van der Waals surface area contributed by atoms with Crippen LogP contribution in [0.5, 0.6) is 0 Å². The molecule has 2 aliphatic rings. The number of benzene rings is 2. The van der Waals surface area contributed by atoms with Gasteiger partial charge in [0, 0.05) is 23.1 Å². The number of amides is 4. The lowest BCUT2D eigenvalue weighted by Gasteiger charge is -2.31. The number of hydrogen-bond donors (Lipinski definition) is 1. The molecule has 3 aromatic rings. The van der Waals surface area contributed by atoms with Gasteiger partial charge in [0.25, 0.3) is 11.8 Å². The monoisotopic (exact) mass is 427 g/mol. The number of imide groups is 2. The fourth-order valence-electron chi connectivity index (χ4n) is 4.97. The number of nitrogens with zero attached hydrogens (tertiary/aromatic N) is 2. The molecule has 162 valence electrons. The molecule has 32 heavy (non-hydrogen) atoms. The largest absolute Gasteiger partial charge is 0.331 e. The summed E-state index contributed by atoms with van der Waals surface area (Å²) in [7, 11) is 0. The van der Waals surface area contributed by atoms with E-state index in [2.05, 4.69) is 40.2 Å². The predicted octanol–water partition coefficient (Wildman–Crippen LogP) is 4.65. The topological polar surface area (TPSA) is 71.4 Å². The highest BCUT2D eigenvalue weighted by Gasteiger charge is 2.40. The number of barbiturate groups is 1. The molecule has 5 rings (SSSR count). The van der Waals surface area contributed by atoms with Crippen LogP contribution < -0.4 is 5.32 Å². The molecule has 4 amide bonds. The van der Waals surface area contributed by atoms with Crippen molar-refractivity contribution >= 4 is 34.7 Å². The summed E-state index contributed by atoms with van der Waals surface area (Å²) in [5.41, 5.74) is 3.74. The Bertz CT molecular complexity index is 1290. The van der Waals surface area contributed by atoms with Gasteiger partial charge < -0.3 is 4.57 Å². The molecule has 1 aliphatic heterocycles. The van der Waals surface area contributed by atoms with Crippen LogP contribution in [-0.4, -0.2) is 33.4 Å². The zero-order valence-electron chi connectivity index (χ0n) is 18.2. The Morgan fingerprint density at radius 1 is 0.938 bits per heavy atom. The smallest absolute Gasteiger partial charge is 0.318 e. The lowest BCUT2D eigenvalue weighted by molar-refractivity contribution is -0.131. The third-order valence-electron chi connectivity index (χ3n) is 6.58. The van der Waals surface area contributed by atoms with Crippen molar-refractivity contribution in [3.63, 3.8) is 0 Å². The van der Waals surface area contributed by atoms with Crippen molar-refractivity contribution in [2.45, 2.75) is 45.6 Å². The van der Waals surface area contributed by atoms with E-state index in [1.165, 1.54) is 10.3 Å². The first kappa shape index (κ1) is 20.2. The minimum atomic E-state index is -0.634. The van der Waals surface area contributed by atoms with Gasteiger partial charge in [-0.2, -0.15) is 0 Å². The highest BCUT2D eigenvalue weighted by Crippen LogP contribution is 2.29. The fraction of sp³-hybridized carbons (Fsp3) is 0.269. The maximum atomic E-state index is 13.1. The Morgan fingerprint density at radius 2 is 1.66 bits per heavy atom. The summed E-state index contributed by atoms with van der Waals surface area (Å²) in [5, 5.41) is 4.66. The quantitative estimate of drug-likeness (QED) is 0.488. The molecule has 0 bridgehead atoms. The summed E-state index contributed by atoms with van der Waals surface area (Å²) in [6, 6.07) is 15.7. The number of carbonyl (C=O) groups is 3. The van der Waals surface area contributed by atoms with Gasteiger partial charge in [0.2, 0.25) is 0 Å². The number of aryl methyl sites for hydroxylation is 1. The van der Waals surface area contributed by atoms with Crippen LogP contribution in [0.4, 0.5) is 4.79 Å². The van der Waals surface area contributed by atoms with E-state index in [4.69, 9.17) is 0 Å². The second kappa shape index (κ2) is 7.79. The molecule has 1 saturated carbocycles. The van der Waals surface area contributed by atoms with E-state index in [0.29, 0.717) is 0 Å². The van der Waals surface area contributed by atoms with Crippen LogP contribution in [0.1, 0.15) is 42.6 Å². The standard InChI is InChI=1S/C26H25N3O3/c1-16-13-20(17(2)28(16)22-12-11-18-7-3-4-8-19(18)14-22)15-23-24(30)27-26(32)29(25(23)31)21-9-5-6-10-21/h3-4,7-8,11-15,21H,5-6,9-10H2,1-2H3,(H,27,30,32)/b23-15-. The van der Waals surface area contributed by atoms with E-state index in [9.17, 15) is 14.4 Å². The Kier molecular flexibility index (Phi) is 4.93. The minimum Gasteiger partial charge on any atom is -0.318 e. The van der Waals surface area contributed by atoms with Crippen LogP contribution in [0.25, 0.3) is 22.5 Å². The maximum Gasteiger partial charge on any atom is 0.331 e. The second-order valence-electron chi connectivity index (χ2n) is 8.62. The van der Waals surface area contributed by atoms with Crippen LogP contribution in [0, 0.1) is 13.8 Å². The van der Waals surface area contributed by atoms with Crippen molar-refractivity contribution in [1.82, 2.24) is 14.8 Å². The van der Waals surface area contributed by atoms with E-state index in [1.54, 1.807) is 6.08 Å². The van der Waals surface area contributed by atoms with E-state index in [1.807, 2.05) is 32.0 Å². The van der Waals surface area contributed by atoms with E-state index < -0.39 is 17.8 Å². The number of carbonyl (C=O) groups excluding carboxylic acids is 3. The summed E-state index contributed by atoms with van der Waals surface area (Å²) in [4.78, 5) is 39.3. The van der Waals surface area contributed by atoms with E-state index in [0.717, 1.165) is 53.7 Å². The molecule has 0 unspecified atom stereocenters. The first-order chi connectivity index (χ1) is 15.4. The number of urea groups is 1. The van der Waals surface area contributed by atoms with Crippen molar-refractivity contribution in [3.05, 3.63) is 71.1 Å². The molecular formula is C26H25N3O3. The molecule has 0 atom stereocenters. The third-order valence-corrected chi connectivity index (χ3v) is 6.58. The van der Waals surface area contributed by atoms with Gasteiger partial charge in [-0.15, -0.1) is 0 Å². The number of hydrogen-bond acceptors (Lipinski definition) is 3. The van der Waals surface area contributed by atoms with Crippen molar-refractivity contribution in [3.8, 4) is 5.69 Å². The van der Waals surface area contributed by atoms with Crippen molar-refractivity contribution in [1.29, 1.82) is 0 Å². The highest BCUT2D eigenvalue weighted by atomic mass is 16.2. The Labute approximate surface area is 186 Å². The summed E-state index contributed by atoms with van der Waals surface area (Å²) < 4.78 is 2.12. The minimum absolute atomic E-state index is 0.00950. The summed E-state index contributed by atoms with van der Waals surface area (Å²) in [6.07, 6.45) is 5.17. The zero-order valence-corrected chi connectivity index (χ0v) is 18.2. The molecular weight excluding hydrogens is 402 g/mol. The molecule has 1 N–H and O–H groups in total. The normalized spacial score (nSPS) is 18.8. The molecule has 0 radical (unpaired) electrons. The first-order valence-electron chi connectivity index (χ1n) is 11.0. The second-order valence-corrected chi connectivity index (χ2v) is 8.62. The van der Waals surface area contributed by atoms with Crippen LogP contribution in [0.3, 0.4) is 0 Å². The van der Waals surface area contributed by atoms with Gasteiger partial charge >= 0.3 is 6.03 Å². The lowest BCUT2D eigenvalue weighted by atomic mass is 10.1. The zero-order chi connectivity index (χ0) is 22.4. The average Bonchev–Trinajstić information content (AvgIpc) is 3.39. The SMILES string of the molecule is Cc1cc(/C=C2/C(=O)NC(=O)N(C3CCCC3)C2=O)c(C)n1-c1ccc2ccccc2c1. The van der Waals surface area contributed by atoms with Gasteiger partial charge in [-0.3, -0.25) is 19.8 Å². The number of fused-ring (bicyclic) bond motifs is 1. The van der Waals surface area contributed by atoms with E-state index in [-0.39, 0.29) is 11.6 Å². The van der Waals surface area contributed by atoms with Gasteiger partial charge in [-0.1, -0.05) is 43.2 Å². The van der Waals surface area contributed by atoms with Gasteiger partial charge in [0.05, 0.1) is 0 Å². The Balaban J connectivity index is 1.54. The van der Waals surface area contributed by atoms with Crippen LogP contribution in [0.15, 0.2) is 54.1 Å². The molecule has 2 heterocycles. The third kappa shape index (κ3) is 3.32. The first-order valence-corrected chi connectivity index (χ1v) is 11.0. The fourth-order valence-corrected chi connectivity index (χ4v) is 4.97. The molecule has 6 heteroatoms. The summed E-state index contributed by atoms with van der Waals surface area (Å²) in [5.74, 6) is -1.13. The van der Waals surface area contributed by atoms with Crippen LogP contribution in [-0.2, 0) is 9.59 Å². The summed E-state index contributed by atoms with van der Waals surface area (Å²) in [6.45, 7) is 3.97. The number of rotatable bonds is 3. The molecule has 2 aromatic carbocycles. The van der Waals surface area contributed by atoms with Crippen LogP contribution in [0.2, 0.25) is 0 Å². The molecule has 1 saturated heterocycles. The average molecular weight is 428 g/mol. The molecule has 6 nitrogen and oxygen atoms in total. The van der Waals surface area contributed by atoms with E-state index >= 15 is 0 Å². The van der Waals surface area contributed by atoms with Crippen LogP contribution >= 0.6 is 0 Å². The lowest BCUT2D eigenvalue weighted by Crippen LogP contribution is -2.57. The Morgan fingerprint density at radius 3 is 2.41 bits per heavy atom. The maximum absolute atomic E-state index is 13.1. The molecule has 2 fully saturated rings. The predicted molar refractivity (Wildman–Crippen MR) is 123 cm³/mol. The Hall–Kier alpha value is -3.67. The molecule has 1 aromatic heterocycles. The van der Waals surface area contributed by atoms with Gasteiger partial charge in [0.15, 0.2) is 0 Å². The number of aromatic nitrogens is 1. The van der Waals surface area contributed by atoms with Gasteiger partial charge in [0.1, 0.15) is 5.57 Å². The van der Waals surface area contributed by atoms with Crippen molar-refractivity contribution < 1.29 is 14.4 Å². The highest BCUT2D eigenvalue weighted by molar-refractivity contribution is 6.31.